The highest BCUT2D eigenvalue weighted by atomic mass is 32.2. The number of hydrogen-bond acceptors (Lipinski definition) is 3. The van der Waals surface area contributed by atoms with Gasteiger partial charge in [-0.3, -0.25) is 0 Å². The first kappa shape index (κ1) is 16.9. The summed E-state index contributed by atoms with van der Waals surface area (Å²) in [6.07, 6.45) is 5.24. The van der Waals surface area contributed by atoms with Gasteiger partial charge in [-0.25, -0.2) is 0 Å². The van der Waals surface area contributed by atoms with Crippen molar-refractivity contribution in [3.05, 3.63) is 0 Å². The molecule has 0 saturated heterocycles. The first-order chi connectivity index (χ1) is 8.79. The molecule has 0 bridgehead atoms. The molecule has 114 valence electrons. The Morgan fingerprint density at radius 2 is 2.16 bits per heavy atom. The number of hydrogen-bond donors (Lipinski definition) is 2. The summed E-state index contributed by atoms with van der Waals surface area (Å²) < 4.78 is 27.9. The number of unbranched alkanes of at least 4 members (excludes halogenated alkanes) is 1. The molecular formula is C13H28N2O3S. The van der Waals surface area contributed by atoms with Gasteiger partial charge in [0.2, 0.25) is 0 Å². The number of rotatable bonds is 7. The van der Waals surface area contributed by atoms with Crippen LogP contribution in [0, 0.1) is 5.92 Å². The van der Waals surface area contributed by atoms with Crippen LogP contribution >= 0.6 is 0 Å². The van der Waals surface area contributed by atoms with E-state index in [1.807, 2.05) is 6.92 Å². The van der Waals surface area contributed by atoms with Crippen molar-refractivity contribution in [1.29, 1.82) is 0 Å². The molecule has 6 heteroatoms. The third-order valence-corrected chi connectivity index (χ3v) is 5.40. The van der Waals surface area contributed by atoms with Crippen LogP contribution in [0.1, 0.15) is 52.4 Å². The van der Waals surface area contributed by atoms with Crippen molar-refractivity contribution in [1.82, 2.24) is 9.03 Å². The van der Waals surface area contributed by atoms with Crippen molar-refractivity contribution in [2.24, 2.45) is 5.92 Å². The quantitative estimate of drug-likeness (QED) is 0.747. The van der Waals surface area contributed by atoms with Crippen molar-refractivity contribution in [2.45, 2.75) is 58.0 Å². The van der Waals surface area contributed by atoms with E-state index in [4.69, 9.17) is 0 Å². The molecule has 0 aromatic heterocycles. The van der Waals surface area contributed by atoms with E-state index in [-0.39, 0.29) is 6.54 Å². The van der Waals surface area contributed by atoms with Gasteiger partial charge in [-0.1, -0.05) is 33.1 Å². The van der Waals surface area contributed by atoms with Crippen LogP contribution in [-0.2, 0) is 10.2 Å². The SMILES string of the molecule is CCCCN(C)S(=O)(=O)NCC1(O)CCCC(C)C1. The van der Waals surface area contributed by atoms with Crippen LogP contribution in [0.5, 0.6) is 0 Å². The third-order valence-electron chi connectivity index (χ3n) is 3.89. The lowest BCUT2D eigenvalue weighted by molar-refractivity contribution is -0.00775. The van der Waals surface area contributed by atoms with E-state index in [0.717, 1.165) is 25.7 Å². The molecule has 1 aliphatic rings. The van der Waals surface area contributed by atoms with Gasteiger partial charge in [-0.15, -0.1) is 0 Å². The van der Waals surface area contributed by atoms with Crippen LogP contribution in [0.3, 0.4) is 0 Å². The molecule has 0 amide bonds. The zero-order valence-corrected chi connectivity index (χ0v) is 13.2. The summed E-state index contributed by atoms with van der Waals surface area (Å²) in [5, 5.41) is 10.4. The normalized spacial score (nSPS) is 28.8. The zero-order valence-electron chi connectivity index (χ0n) is 12.4. The molecule has 1 rings (SSSR count). The predicted octanol–water partition coefficient (Wildman–Crippen LogP) is 1.49. The van der Waals surface area contributed by atoms with E-state index < -0.39 is 15.8 Å². The van der Waals surface area contributed by atoms with Crippen LogP contribution in [0.2, 0.25) is 0 Å². The molecule has 0 aromatic rings. The molecule has 0 heterocycles. The second-order valence-electron chi connectivity index (χ2n) is 5.93. The van der Waals surface area contributed by atoms with Gasteiger partial charge in [0.05, 0.1) is 5.60 Å². The molecule has 2 N–H and O–H groups in total. The predicted molar refractivity (Wildman–Crippen MR) is 77.0 cm³/mol. The summed E-state index contributed by atoms with van der Waals surface area (Å²) in [6.45, 7) is 4.77. The highest BCUT2D eigenvalue weighted by Crippen LogP contribution is 2.31. The van der Waals surface area contributed by atoms with Crippen LogP contribution < -0.4 is 4.72 Å². The molecule has 1 fully saturated rings. The Balaban J connectivity index is 2.50. The number of aliphatic hydroxyl groups is 1. The van der Waals surface area contributed by atoms with E-state index in [1.165, 1.54) is 4.31 Å². The van der Waals surface area contributed by atoms with Crippen molar-refractivity contribution in [3.63, 3.8) is 0 Å². The van der Waals surface area contributed by atoms with Gasteiger partial charge in [0, 0.05) is 20.1 Å². The van der Waals surface area contributed by atoms with Crippen molar-refractivity contribution in [2.75, 3.05) is 20.1 Å². The topological polar surface area (TPSA) is 69.6 Å². The van der Waals surface area contributed by atoms with Gasteiger partial charge in [0.25, 0.3) is 10.2 Å². The van der Waals surface area contributed by atoms with E-state index in [9.17, 15) is 13.5 Å². The highest BCUT2D eigenvalue weighted by Gasteiger charge is 2.34. The Morgan fingerprint density at radius 1 is 1.47 bits per heavy atom. The Bertz CT molecular complexity index is 372. The summed E-state index contributed by atoms with van der Waals surface area (Å²) in [5.74, 6) is 0.459. The lowest BCUT2D eigenvalue weighted by atomic mass is 9.79. The summed E-state index contributed by atoms with van der Waals surface area (Å²) in [6, 6.07) is 0. The molecule has 2 unspecified atom stereocenters. The van der Waals surface area contributed by atoms with Gasteiger partial charge >= 0.3 is 0 Å². The summed E-state index contributed by atoms with van der Waals surface area (Å²) >= 11 is 0. The Kier molecular flexibility index (Phi) is 6.23. The van der Waals surface area contributed by atoms with E-state index >= 15 is 0 Å². The summed E-state index contributed by atoms with van der Waals surface area (Å²) in [5.41, 5.74) is -0.879. The van der Waals surface area contributed by atoms with Gasteiger partial charge in [-0.2, -0.15) is 17.4 Å². The second kappa shape index (κ2) is 7.02. The van der Waals surface area contributed by atoms with Crippen LogP contribution in [0.15, 0.2) is 0 Å². The fraction of sp³-hybridized carbons (Fsp3) is 1.00. The third kappa shape index (κ3) is 5.38. The standard InChI is InChI=1S/C13H28N2O3S/c1-4-5-9-15(3)19(17,18)14-11-13(16)8-6-7-12(2)10-13/h12,14,16H,4-11H2,1-3H3. The summed E-state index contributed by atoms with van der Waals surface area (Å²) in [4.78, 5) is 0. The van der Waals surface area contributed by atoms with E-state index in [0.29, 0.717) is 25.3 Å². The summed E-state index contributed by atoms with van der Waals surface area (Å²) in [7, 11) is -1.89. The molecule has 2 atom stereocenters. The Hall–Kier alpha value is -0.170. The minimum absolute atomic E-state index is 0.121. The highest BCUT2D eigenvalue weighted by molar-refractivity contribution is 7.87. The minimum atomic E-state index is -3.46. The minimum Gasteiger partial charge on any atom is -0.389 e. The first-order valence-corrected chi connectivity index (χ1v) is 8.66. The van der Waals surface area contributed by atoms with Gasteiger partial charge in [-0.05, 0) is 25.2 Å². The fourth-order valence-corrected chi connectivity index (χ4v) is 3.67. The van der Waals surface area contributed by atoms with Crippen molar-refractivity contribution in [3.8, 4) is 0 Å². The molecule has 1 aliphatic carbocycles. The Labute approximate surface area is 117 Å². The van der Waals surface area contributed by atoms with Gasteiger partial charge in [0.1, 0.15) is 0 Å². The largest absolute Gasteiger partial charge is 0.389 e. The van der Waals surface area contributed by atoms with Crippen molar-refractivity contribution < 1.29 is 13.5 Å². The number of nitrogens with one attached hydrogen (secondary N) is 1. The maximum Gasteiger partial charge on any atom is 0.279 e. The molecule has 5 nitrogen and oxygen atoms in total. The maximum atomic E-state index is 12.0. The monoisotopic (exact) mass is 292 g/mol. The van der Waals surface area contributed by atoms with E-state index in [2.05, 4.69) is 11.6 Å². The van der Waals surface area contributed by atoms with Crippen LogP contribution in [0.4, 0.5) is 0 Å². The average Bonchev–Trinajstić information content (AvgIpc) is 2.33. The molecule has 0 aromatic carbocycles. The zero-order chi connectivity index (χ0) is 14.5. The van der Waals surface area contributed by atoms with Gasteiger partial charge in [0.15, 0.2) is 0 Å². The van der Waals surface area contributed by atoms with Gasteiger partial charge < -0.3 is 5.11 Å². The second-order valence-corrected chi connectivity index (χ2v) is 7.79. The molecule has 0 aliphatic heterocycles. The van der Waals surface area contributed by atoms with Crippen molar-refractivity contribution >= 4 is 10.2 Å². The fourth-order valence-electron chi connectivity index (χ4n) is 2.63. The maximum absolute atomic E-state index is 12.0. The van der Waals surface area contributed by atoms with Crippen LogP contribution in [-0.4, -0.2) is 43.6 Å². The molecule has 19 heavy (non-hydrogen) atoms. The van der Waals surface area contributed by atoms with E-state index in [1.54, 1.807) is 7.05 Å². The molecule has 0 spiro atoms. The molecular weight excluding hydrogens is 264 g/mol. The molecule has 0 radical (unpaired) electrons. The smallest absolute Gasteiger partial charge is 0.279 e. The lowest BCUT2D eigenvalue weighted by Crippen LogP contribution is -2.49. The number of nitrogens with zero attached hydrogens (tertiary/aromatic N) is 1. The lowest BCUT2D eigenvalue weighted by Gasteiger charge is -2.35. The molecule has 1 saturated carbocycles. The Morgan fingerprint density at radius 3 is 2.74 bits per heavy atom. The average molecular weight is 292 g/mol. The van der Waals surface area contributed by atoms with Crippen LogP contribution in [0.25, 0.3) is 0 Å². The first-order valence-electron chi connectivity index (χ1n) is 7.22.